The van der Waals surface area contributed by atoms with Crippen molar-refractivity contribution in [3.63, 3.8) is 0 Å². The first-order valence-electron chi connectivity index (χ1n) is 6.26. The Bertz CT molecular complexity index is 362. The summed E-state index contributed by atoms with van der Waals surface area (Å²) in [6, 6.07) is 0.610. The Morgan fingerprint density at radius 3 is 3.00 bits per heavy atom. The summed E-state index contributed by atoms with van der Waals surface area (Å²) < 4.78 is 1.98. The van der Waals surface area contributed by atoms with Crippen molar-refractivity contribution in [1.82, 2.24) is 20.2 Å². The molecular weight excluding hydrogens is 266 g/mol. The van der Waals surface area contributed by atoms with Crippen LogP contribution in [-0.2, 0) is 6.42 Å². The third-order valence-electron chi connectivity index (χ3n) is 3.04. The summed E-state index contributed by atoms with van der Waals surface area (Å²) in [4.78, 5) is 4.36. The molecular formula is C11H21N5S2. The molecule has 7 heteroatoms. The lowest BCUT2D eigenvalue weighted by Gasteiger charge is -2.28. The lowest BCUT2D eigenvalue weighted by Crippen LogP contribution is -2.46. The van der Waals surface area contributed by atoms with E-state index >= 15 is 0 Å². The fourth-order valence-corrected chi connectivity index (χ4v) is 4.96. The van der Waals surface area contributed by atoms with Crippen LogP contribution >= 0.6 is 23.5 Å². The highest BCUT2D eigenvalue weighted by Gasteiger charge is 2.25. The molecule has 102 valence electrons. The number of hydrogen-bond acceptors (Lipinski definition) is 6. The Hall–Kier alpha value is -0.240. The number of nitrogens with zero attached hydrogens (tertiary/aromatic N) is 3. The third kappa shape index (κ3) is 3.40. The van der Waals surface area contributed by atoms with Crippen LogP contribution in [0.1, 0.15) is 25.7 Å². The second-order valence-electron chi connectivity index (χ2n) is 4.68. The Balaban J connectivity index is 2.02. The first-order valence-corrected chi connectivity index (χ1v) is 8.46. The summed E-state index contributed by atoms with van der Waals surface area (Å²) in [5, 5.41) is 4.83. The summed E-state index contributed by atoms with van der Waals surface area (Å²) >= 11 is 4.02. The van der Waals surface area contributed by atoms with Gasteiger partial charge in [-0.3, -0.25) is 11.3 Å². The zero-order valence-corrected chi connectivity index (χ0v) is 12.5. The van der Waals surface area contributed by atoms with Crippen molar-refractivity contribution < 1.29 is 0 Å². The van der Waals surface area contributed by atoms with E-state index in [1.165, 1.54) is 11.5 Å². The molecule has 0 saturated carbocycles. The van der Waals surface area contributed by atoms with E-state index < -0.39 is 0 Å². The summed E-state index contributed by atoms with van der Waals surface area (Å²) in [6.45, 7) is 4.24. The summed E-state index contributed by atoms with van der Waals surface area (Å²) in [7, 11) is 0. The smallest absolute Gasteiger partial charge is 0.138 e. The molecule has 1 aliphatic heterocycles. The van der Waals surface area contributed by atoms with Gasteiger partial charge in [0.25, 0.3) is 0 Å². The first-order chi connectivity index (χ1) is 8.72. The van der Waals surface area contributed by atoms with Gasteiger partial charge in [-0.25, -0.2) is 9.67 Å². The minimum Gasteiger partial charge on any atom is -0.271 e. The molecule has 0 aromatic carbocycles. The monoisotopic (exact) mass is 287 g/mol. The Morgan fingerprint density at radius 1 is 1.56 bits per heavy atom. The normalized spacial score (nSPS) is 22.3. The van der Waals surface area contributed by atoms with Crippen molar-refractivity contribution in [2.45, 2.75) is 37.6 Å². The lowest BCUT2D eigenvalue weighted by atomic mass is 10.1. The van der Waals surface area contributed by atoms with E-state index in [2.05, 4.69) is 29.4 Å². The Kier molecular flexibility index (Phi) is 5.35. The molecule has 1 fully saturated rings. The summed E-state index contributed by atoms with van der Waals surface area (Å²) in [5.74, 6) is 10.4. The number of hydrogen-bond donors (Lipinski definition) is 2. The van der Waals surface area contributed by atoms with Crippen molar-refractivity contribution in [3.8, 4) is 0 Å². The van der Waals surface area contributed by atoms with E-state index in [4.69, 9.17) is 5.84 Å². The molecule has 2 heterocycles. The molecule has 3 N–H and O–H groups in total. The molecule has 18 heavy (non-hydrogen) atoms. The lowest BCUT2D eigenvalue weighted by molar-refractivity contribution is 0.459. The zero-order valence-electron chi connectivity index (χ0n) is 10.9. The maximum absolute atomic E-state index is 5.72. The predicted octanol–water partition coefficient (Wildman–Crippen LogP) is 1.08. The number of thioether (sulfide) groups is 2. The van der Waals surface area contributed by atoms with Crippen LogP contribution in [0.25, 0.3) is 0 Å². The van der Waals surface area contributed by atoms with Crippen LogP contribution in [0, 0.1) is 0 Å². The van der Waals surface area contributed by atoms with Crippen molar-refractivity contribution in [3.05, 3.63) is 12.2 Å². The minimum atomic E-state index is 0.268. The Morgan fingerprint density at radius 2 is 2.39 bits per heavy atom. The van der Waals surface area contributed by atoms with E-state index in [9.17, 15) is 0 Å². The maximum Gasteiger partial charge on any atom is 0.138 e. The number of nitrogens with one attached hydrogen (secondary N) is 1. The van der Waals surface area contributed by atoms with Gasteiger partial charge in [-0.15, -0.1) is 0 Å². The van der Waals surface area contributed by atoms with Crippen LogP contribution < -0.4 is 11.3 Å². The van der Waals surface area contributed by atoms with Gasteiger partial charge in [-0.1, -0.05) is 0 Å². The van der Waals surface area contributed by atoms with Gasteiger partial charge in [-0.05, 0) is 13.8 Å². The van der Waals surface area contributed by atoms with Crippen LogP contribution in [0.15, 0.2) is 6.33 Å². The van der Waals surface area contributed by atoms with E-state index in [1.807, 2.05) is 28.2 Å². The number of hydrazine groups is 1. The number of aromatic nitrogens is 3. The van der Waals surface area contributed by atoms with Gasteiger partial charge in [0.15, 0.2) is 0 Å². The Labute approximate surface area is 117 Å². The van der Waals surface area contributed by atoms with Crippen LogP contribution in [0.5, 0.6) is 0 Å². The van der Waals surface area contributed by atoms with E-state index in [0.717, 1.165) is 18.0 Å². The van der Waals surface area contributed by atoms with E-state index in [-0.39, 0.29) is 6.04 Å². The highest BCUT2D eigenvalue weighted by molar-refractivity contribution is 8.06. The van der Waals surface area contributed by atoms with Crippen LogP contribution in [0.3, 0.4) is 0 Å². The molecule has 0 aliphatic carbocycles. The van der Waals surface area contributed by atoms with E-state index in [0.29, 0.717) is 11.3 Å². The zero-order chi connectivity index (χ0) is 13.0. The topological polar surface area (TPSA) is 68.8 Å². The average Bonchev–Trinajstić information content (AvgIpc) is 2.85. The molecule has 0 bridgehead atoms. The van der Waals surface area contributed by atoms with Crippen molar-refractivity contribution in [2.75, 3.05) is 17.3 Å². The van der Waals surface area contributed by atoms with Gasteiger partial charge in [0.05, 0.1) is 0 Å². The quantitative estimate of drug-likeness (QED) is 0.624. The number of rotatable bonds is 5. The molecule has 0 radical (unpaired) electrons. The van der Waals surface area contributed by atoms with Gasteiger partial charge in [0, 0.05) is 41.0 Å². The molecule has 0 spiro atoms. The van der Waals surface area contributed by atoms with Crippen LogP contribution in [0.2, 0.25) is 0 Å². The fraction of sp³-hybridized carbons (Fsp3) is 0.818. The van der Waals surface area contributed by atoms with Gasteiger partial charge in [0.2, 0.25) is 0 Å². The van der Waals surface area contributed by atoms with Gasteiger partial charge in [0.1, 0.15) is 12.2 Å². The van der Waals surface area contributed by atoms with Gasteiger partial charge < -0.3 is 0 Å². The average molecular weight is 287 g/mol. The van der Waals surface area contributed by atoms with Crippen molar-refractivity contribution >= 4 is 23.5 Å². The predicted molar refractivity (Wildman–Crippen MR) is 78.8 cm³/mol. The molecule has 1 aromatic heterocycles. The maximum atomic E-state index is 5.72. The highest BCUT2D eigenvalue weighted by Crippen LogP contribution is 2.27. The highest BCUT2D eigenvalue weighted by atomic mass is 32.2. The van der Waals surface area contributed by atoms with Crippen LogP contribution in [-0.4, -0.2) is 43.3 Å². The van der Waals surface area contributed by atoms with E-state index in [1.54, 1.807) is 6.33 Å². The third-order valence-corrected chi connectivity index (χ3v) is 5.96. The standard InChI is InChI=1S/C11H21N5S2/c1-8(2)16-11(13-7-14-16)5-9(15-12)10-6-17-3-4-18-10/h7-10,15H,3-6,12H2,1-2H3. The van der Waals surface area contributed by atoms with Crippen molar-refractivity contribution in [2.24, 2.45) is 5.84 Å². The second kappa shape index (κ2) is 6.79. The molecule has 0 amide bonds. The van der Waals surface area contributed by atoms with Crippen molar-refractivity contribution in [1.29, 1.82) is 0 Å². The number of nitrogens with two attached hydrogens (primary N) is 1. The minimum absolute atomic E-state index is 0.268. The molecule has 2 rings (SSSR count). The molecule has 2 atom stereocenters. The molecule has 1 aliphatic rings. The molecule has 1 aromatic rings. The molecule has 1 saturated heterocycles. The first kappa shape index (κ1) is 14.2. The summed E-state index contributed by atoms with van der Waals surface area (Å²) in [6.07, 6.45) is 2.47. The van der Waals surface area contributed by atoms with Gasteiger partial charge >= 0.3 is 0 Å². The van der Waals surface area contributed by atoms with Crippen LogP contribution in [0.4, 0.5) is 0 Å². The molecule has 2 unspecified atom stereocenters. The van der Waals surface area contributed by atoms with Gasteiger partial charge in [-0.2, -0.15) is 28.6 Å². The second-order valence-corrected chi connectivity index (χ2v) is 7.17. The largest absolute Gasteiger partial charge is 0.271 e. The SMILES string of the molecule is CC(C)n1ncnc1CC(NN)C1CSCCS1. The summed E-state index contributed by atoms with van der Waals surface area (Å²) in [5.41, 5.74) is 2.96. The molecule has 5 nitrogen and oxygen atoms in total. The fourth-order valence-electron chi connectivity index (χ4n) is 2.08.